The van der Waals surface area contributed by atoms with E-state index in [4.69, 9.17) is 5.11 Å². The SMILES string of the molecule is OCC(F)(F)c1cccc2c1CCCC2. The summed E-state index contributed by atoms with van der Waals surface area (Å²) in [6.45, 7) is -1.11. The van der Waals surface area contributed by atoms with Crippen LogP contribution < -0.4 is 0 Å². The molecule has 2 rings (SSSR count). The Morgan fingerprint density at radius 2 is 1.93 bits per heavy atom. The summed E-state index contributed by atoms with van der Waals surface area (Å²) in [5.74, 6) is -3.09. The van der Waals surface area contributed by atoms with E-state index in [9.17, 15) is 8.78 Å². The predicted molar refractivity (Wildman–Crippen MR) is 54.1 cm³/mol. The lowest BCUT2D eigenvalue weighted by Crippen LogP contribution is -2.22. The van der Waals surface area contributed by atoms with Crippen LogP contribution in [-0.4, -0.2) is 11.7 Å². The zero-order valence-corrected chi connectivity index (χ0v) is 8.47. The molecular weight excluding hydrogens is 198 g/mol. The van der Waals surface area contributed by atoms with Gasteiger partial charge in [0.25, 0.3) is 5.92 Å². The number of benzene rings is 1. The number of fused-ring (bicyclic) bond motifs is 1. The van der Waals surface area contributed by atoms with Crippen molar-refractivity contribution in [1.82, 2.24) is 0 Å². The predicted octanol–water partition coefficient (Wildman–Crippen LogP) is 2.65. The van der Waals surface area contributed by atoms with E-state index in [0.29, 0.717) is 6.42 Å². The number of aliphatic hydroxyl groups is 1. The zero-order valence-electron chi connectivity index (χ0n) is 8.47. The van der Waals surface area contributed by atoms with Gasteiger partial charge in [0, 0.05) is 5.56 Å². The van der Waals surface area contributed by atoms with Crippen LogP contribution in [0.1, 0.15) is 29.5 Å². The van der Waals surface area contributed by atoms with E-state index in [1.807, 2.05) is 6.07 Å². The molecule has 0 aromatic heterocycles. The maximum absolute atomic E-state index is 13.4. The lowest BCUT2D eigenvalue weighted by Gasteiger charge is -2.23. The summed E-state index contributed by atoms with van der Waals surface area (Å²) in [7, 11) is 0. The van der Waals surface area contributed by atoms with Gasteiger partial charge in [0.05, 0.1) is 0 Å². The summed E-state index contributed by atoms with van der Waals surface area (Å²) in [5, 5.41) is 8.70. The molecule has 0 fully saturated rings. The van der Waals surface area contributed by atoms with Gasteiger partial charge in [-0.3, -0.25) is 0 Å². The highest BCUT2D eigenvalue weighted by Gasteiger charge is 2.33. The number of aryl methyl sites for hydroxylation is 1. The molecule has 1 aromatic carbocycles. The third-order valence-electron chi connectivity index (χ3n) is 2.99. The third kappa shape index (κ3) is 1.88. The second kappa shape index (κ2) is 3.89. The van der Waals surface area contributed by atoms with Crippen LogP contribution in [0.15, 0.2) is 18.2 Å². The van der Waals surface area contributed by atoms with Crippen LogP contribution in [0.25, 0.3) is 0 Å². The lowest BCUT2D eigenvalue weighted by molar-refractivity contribution is -0.0564. The summed E-state index contributed by atoms with van der Waals surface area (Å²) < 4.78 is 26.8. The molecule has 1 nitrogen and oxygen atoms in total. The van der Waals surface area contributed by atoms with E-state index < -0.39 is 12.5 Å². The minimum Gasteiger partial charge on any atom is -0.390 e. The monoisotopic (exact) mass is 212 g/mol. The molecule has 0 aliphatic heterocycles. The first-order valence-electron chi connectivity index (χ1n) is 5.25. The van der Waals surface area contributed by atoms with Crippen molar-refractivity contribution in [3.63, 3.8) is 0 Å². The summed E-state index contributed by atoms with van der Waals surface area (Å²) in [6.07, 6.45) is 3.62. The van der Waals surface area contributed by atoms with E-state index in [1.54, 1.807) is 6.07 Å². The number of rotatable bonds is 2. The van der Waals surface area contributed by atoms with Crippen molar-refractivity contribution in [3.8, 4) is 0 Å². The highest BCUT2D eigenvalue weighted by molar-refractivity contribution is 5.39. The minimum absolute atomic E-state index is 0.0159. The average molecular weight is 212 g/mol. The molecule has 0 bridgehead atoms. The highest BCUT2D eigenvalue weighted by Crippen LogP contribution is 2.34. The van der Waals surface area contributed by atoms with Crippen molar-refractivity contribution >= 4 is 0 Å². The molecule has 0 amide bonds. The van der Waals surface area contributed by atoms with Crippen LogP contribution in [0.4, 0.5) is 8.78 Å². The van der Waals surface area contributed by atoms with Crippen molar-refractivity contribution in [2.75, 3.05) is 6.61 Å². The van der Waals surface area contributed by atoms with Gasteiger partial charge in [0.2, 0.25) is 0 Å². The van der Waals surface area contributed by atoms with E-state index in [1.165, 1.54) is 6.07 Å². The Bertz CT molecular complexity index is 361. The molecular formula is C12H14F2O. The minimum atomic E-state index is -3.09. The molecule has 1 aromatic rings. The molecule has 82 valence electrons. The van der Waals surface area contributed by atoms with Crippen molar-refractivity contribution in [2.45, 2.75) is 31.6 Å². The number of alkyl halides is 2. The van der Waals surface area contributed by atoms with E-state index in [-0.39, 0.29) is 5.56 Å². The van der Waals surface area contributed by atoms with Crippen LogP contribution in [0.5, 0.6) is 0 Å². The van der Waals surface area contributed by atoms with Crippen molar-refractivity contribution in [1.29, 1.82) is 0 Å². The van der Waals surface area contributed by atoms with Crippen LogP contribution in [-0.2, 0) is 18.8 Å². The first kappa shape index (κ1) is 10.6. The first-order chi connectivity index (χ1) is 7.15. The van der Waals surface area contributed by atoms with E-state index in [0.717, 1.165) is 30.4 Å². The zero-order chi connectivity index (χ0) is 10.9. The standard InChI is InChI=1S/C12H14F2O/c13-12(14,8-15)11-7-3-5-9-4-1-2-6-10(9)11/h3,5,7,15H,1-2,4,6,8H2. The summed E-state index contributed by atoms with van der Waals surface area (Å²) in [4.78, 5) is 0. The molecule has 0 saturated carbocycles. The second-order valence-electron chi connectivity index (χ2n) is 4.01. The lowest BCUT2D eigenvalue weighted by atomic mass is 9.86. The molecule has 0 saturated heterocycles. The van der Waals surface area contributed by atoms with Gasteiger partial charge >= 0.3 is 0 Å². The Morgan fingerprint density at radius 1 is 1.20 bits per heavy atom. The topological polar surface area (TPSA) is 20.2 Å². The molecule has 1 N–H and O–H groups in total. The van der Waals surface area contributed by atoms with E-state index in [2.05, 4.69) is 0 Å². The molecule has 3 heteroatoms. The molecule has 0 unspecified atom stereocenters. The largest absolute Gasteiger partial charge is 0.390 e. The van der Waals surface area contributed by atoms with Gasteiger partial charge in [-0.05, 0) is 36.8 Å². The molecule has 1 aliphatic rings. The Hall–Kier alpha value is -0.960. The fraction of sp³-hybridized carbons (Fsp3) is 0.500. The summed E-state index contributed by atoms with van der Waals surface area (Å²) >= 11 is 0. The molecule has 1 aliphatic carbocycles. The van der Waals surface area contributed by atoms with Gasteiger partial charge in [-0.25, -0.2) is 0 Å². The van der Waals surface area contributed by atoms with Crippen molar-refractivity contribution < 1.29 is 13.9 Å². The van der Waals surface area contributed by atoms with Crippen LogP contribution in [0, 0.1) is 0 Å². The van der Waals surface area contributed by atoms with Gasteiger partial charge in [-0.15, -0.1) is 0 Å². The van der Waals surface area contributed by atoms with Gasteiger partial charge in [0.1, 0.15) is 6.61 Å². The Kier molecular flexibility index (Phi) is 2.74. The maximum Gasteiger partial charge on any atom is 0.296 e. The average Bonchev–Trinajstić information content (AvgIpc) is 2.28. The molecule has 0 radical (unpaired) electrons. The fourth-order valence-electron chi connectivity index (χ4n) is 2.21. The Balaban J connectivity index is 2.48. The fourth-order valence-corrected chi connectivity index (χ4v) is 2.21. The van der Waals surface area contributed by atoms with Crippen molar-refractivity contribution in [3.05, 3.63) is 34.9 Å². The molecule has 0 spiro atoms. The van der Waals surface area contributed by atoms with Crippen LogP contribution in [0.2, 0.25) is 0 Å². The normalized spacial score (nSPS) is 16.2. The first-order valence-corrected chi connectivity index (χ1v) is 5.25. The van der Waals surface area contributed by atoms with E-state index >= 15 is 0 Å². The summed E-state index contributed by atoms with van der Waals surface area (Å²) in [5.41, 5.74) is 1.79. The number of hydrogen-bond acceptors (Lipinski definition) is 1. The Morgan fingerprint density at radius 3 is 2.67 bits per heavy atom. The molecule has 0 atom stereocenters. The second-order valence-corrected chi connectivity index (χ2v) is 4.01. The third-order valence-corrected chi connectivity index (χ3v) is 2.99. The van der Waals surface area contributed by atoms with Gasteiger partial charge < -0.3 is 5.11 Å². The van der Waals surface area contributed by atoms with Crippen molar-refractivity contribution in [2.24, 2.45) is 0 Å². The number of aliphatic hydroxyl groups excluding tert-OH is 1. The van der Waals surface area contributed by atoms with Gasteiger partial charge in [-0.1, -0.05) is 18.2 Å². The maximum atomic E-state index is 13.4. The molecule has 0 heterocycles. The van der Waals surface area contributed by atoms with Gasteiger partial charge in [0.15, 0.2) is 0 Å². The number of halogens is 2. The van der Waals surface area contributed by atoms with Crippen LogP contribution >= 0.6 is 0 Å². The summed E-state index contributed by atoms with van der Waals surface area (Å²) in [6, 6.07) is 4.99. The molecule has 15 heavy (non-hydrogen) atoms. The highest BCUT2D eigenvalue weighted by atomic mass is 19.3. The Labute approximate surface area is 87.7 Å². The van der Waals surface area contributed by atoms with Gasteiger partial charge in [-0.2, -0.15) is 8.78 Å². The quantitative estimate of drug-likeness (QED) is 0.799. The van der Waals surface area contributed by atoms with Crippen LogP contribution in [0.3, 0.4) is 0 Å². The number of hydrogen-bond donors (Lipinski definition) is 1. The smallest absolute Gasteiger partial charge is 0.296 e.